The van der Waals surface area contributed by atoms with Gasteiger partial charge < -0.3 is 9.88 Å². The van der Waals surface area contributed by atoms with Crippen LogP contribution in [0.2, 0.25) is 0 Å². The predicted octanol–water partition coefficient (Wildman–Crippen LogP) is 4.42. The second-order valence-electron chi connectivity index (χ2n) is 4.48. The third-order valence-corrected chi connectivity index (χ3v) is 4.90. The lowest BCUT2D eigenvalue weighted by atomic mass is 10.2. The first-order valence-corrected chi connectivity index (χ1v) is 7.99. The molecule has 1 unspecified atom stereocenters. The summed E-state index contributed by atoms with van der Waals surface area (Å²) in [5, 5.41) is 5.63. The van der Waals surface area contributed by atoms with Crippen LogP contribution < -0.4 is 5.32 Å². The monoisotopic (exact) mass is 326 g/mol. The largest absolute Gasteiger partial charge is 0.349 e. The maximum absolute atomic E-state index is 3.58. The summed E-state index contributed by atoms with van der Waals surface area (Å²) in [6.07, 6.45) is 5.57. The van der Waals surface area contributed by atoms with Gasteiger partial charge in [-0.1, -0.05) is 6.92 Å². The van der Waals surface area contributed by atoms with Gasteiger partial charge in [-0.15, -0.1) is 11.3 Å². The van der Waals surface area contributed by atoms with Crippen LogP contribution in [-0.4, -0.2) is 11.1 Å². The van der Waals surface area contributed by atoms with E-state index in [1.807, 2.05) is 0 Å². The minimum absolute atomic E-state index is 0.429. The minimum atomic E-state index is 0.429. The van der Waals surface area contributed by atoms with Crippen molar-refractivity contribution in [3.05, 3.63) is 44.8 Å². The quantitative estimate of drug-likeness (QED) is 0.831. The van der Waals surface area contributed by atoms with Crippen molar-refractivity contribution in [1.29, 1.82) is 0 Å². The summed E-state index contributed by atoms with van der Waals surface area (Å²) in [7, 11) is 0. The molecule has 0 aromatic carbocycles. The third kappa shape index (κ3) is 3.46. The summed E-state index contributed by atoms with van der Waals surface area (Å²) in [5.74, 6) is 0. The molecule has 2 nitrogen and oxygen atoms in total. The molecular formula is C14H19BrN2S. The van der Waals surface area contributed by atoms with Gasteiger partial charge >= 0.3 is 0 Å². The van der Waals surface area contributed by atoms with E-state index < -0.39 is 0 Å². The third-order valence-electron chi connectivity index (χ3n) is 2.99. The van der Waals surface area contributed by atoms with Gasteiger partial charge in [-0.3, -0.25) is 0 Å². The van der Waals surface area contributed by atoms with Crippen LogP contribution in [0, 0.1) is 0 Å². The Morgan fingerprint density at radius 2 is 2.28 bits per heavy atom. The highest BCUT2D eigenvalue weighted by Gasteiger charge is 2.07. The average molecular weight is 327 g/mol. The molecule has 1 atom stereocenters. The van der Waals surface area contributed by atoms with Crippen molar-refractivity contribution in [1.82, 2.24) is 9.88 Å². The van der Waals surface area contributed by atoms with Gasteiger partial charge in [-0.2, -0.15) is 0 Å². The van der Waals surface area contributed by atoms with Gasteiger partial charge in [0.25, 0.3) is 0 Å². The number of thiophene rings is 1. The minimum Gasteiger partial charge on any atom is -0.349 e. The van der Waals surface area contributed by atoms with Crippen molar-refractivity contribution < 1.29 is 0 Å². The molecule has 2 aromatic heterocycles. The molecule has 0 radical (unpaired) electrons. The summed E-state index contributed by atoms with van der Waals surface area (Å²) >= 11 is 5.37. The van der Waals surface area contributed by atoms with Crippen LogP contribution in [0.1, 0.15) is 36.8 Å². The molecule has 0 fully saturated rings. The maximum atomic E-state index is 3.58. The zero-order valence-electron chi connectivity index (χ0n) is 10.8. The summed E-state index contributed by atoms with van der Waals surface area (Å²) in [6.45, 7) is 6.43. The lowest BCUT2D eigenvalue weighted by molar-refractivity contribution is 0.569. The van der Waals surface area contributed by atoms with E-state index >= 15 is 0 Å². The Morgan fingerprint density at radius 1 is 1.44 bits per heavy atom. The summed E-state index contributed by atoms with van der Waals surface area (Å²) in [5.41, 5.74) is 1.36. The molecule has 0 saturated carbocycles. The van der Waals surface area contributed by atoms with Gasteiger partial charge in [0.05, 0.1) is 6.54 Å². The molecule has 0 amide bonds. The smallest absolute Gasteiger partial charge is 0.0574 e. The average Bonchev–Trinajstić information content (AvgIpc) is 2.97. The van der Waals surface area contributed by atoms with E-state index in [4.69, 9.17) is 0 Å². The van der Waals surface area contributed by atoms with Crippen LogP contribution in [0.5, 0.6) is 0 Å². The number of hydrogen-bond acceptors (Lipinski definition) is 2. The number of halogens is 1. The topological polar surface area (TPSA) is 17.0 Å². The van der Waals surface area contributed by atoms with Crippen molar-refractivity contribution in [2.75, 3.05) is 6.54 Å². The number of rotatable bonds is 6. The Balaban J connectivity index is 2.00. The number of nitrogens with zero attached hydrogens (tertiary/aromatic N) is 1. The van der Waals surface area contributed by atoms with Crippen molar-refractivity contribution in [2.24, 2.45) is 0 Å². The fourth-order valence-corrected chi connectivity index (χ4v) is 3.38. The summed E-state index contributed by atoms with van der Waals surface area (Å²) < 4.78 is 3.45. The fourth-order valence-electron chi connectivity index (χ4n) is 1.90. The van der Waals surface area contributed by atoms with Crippen LogP contribution in [-0.2, 0) is 6.54 Å². The van der Waals surface area contributed by atoms with Crippen molar-refractivity contribution in [3.63, 3.8) is 0 Å². The highest BCUT2D eigenvalue weighted by molar-refractivity contribution is 9.10. The van der Waals surface area contributed by atoms with E-state index in [-0.39, 0.29) is 0 Å². The molecule has 0 bridgehead atoms. The van der Waals surface area contributed by atoms with Crippen LogP contribution in [0.15, 0.2) is 34.4 Å². The first-order chi connectivity index (χ1) is 8.70. The number of hydrogen-bond donors (Lipinski definition) is 1. The maximum Gasteiger partial charge on any atom is 0.0574 e. The Bertz CT molecular complexity index is 489. The Labute approximate surface area is 121 Å². The van der Waals surface area contributed by atoms with Gasteiger partial charge in [-0.05, 0) is 58.9 Å². The second-order valence-corrected chi connectivity index (χ2v) is 6.34. The fraction of sp³-hybridized carbons (Fsp3) is 0.429. The van der Waals surface area contributed by atoms with E-state index in [1.54, 1.807) is 11.3 Å². The predicted molar refractivity (Wildman–Crippen MR) is 82.3 cm³/mol. The van der Waals surface area contributed by atoms with Crippen LogP contribution in [0.4, 0.5) is 0 Å². The van der Waals surface area contributed by atoms with Crippen molar-refractivity contribution in [3.8, 4) is 0 Å². The van der Waals surface area contributed by atoms with E-state index in [0.717, 1.165) is 13.1 Å². The highest BCUT2D eigenvalue weighted by atomic mass is 79.9. The van der Waals surface area contributed by atoms with E-state index in [1.165, 1.54) is 21.3 Å². The molecule has 2 aromatic rings. The zero-order chi connectivity index (χ0) is 13.0. The normalized spacial score (nSPS) is 12.8. The Hall–Kier alpha value is -0.580. The van der Waals surface area contributed by atoms with Crippen LogP contribution in [0.25, 0.3) is 0 Å². The molecule has 0 aliphatic heterocycles. The van der Waals surface area contributed by atoms with Gasteiger partial charge in [0.1, 0.15) is 0 Å². The molecule has 4 heteroatoms. The van der Waals surface area contributed by atoms with E-state index in [9.17, 15) is 0 Å². The van der Waals surface area contributed by atoms with E-state index in [2.05, 4.69) is 69.6 Å². The number of aromatic nitrogens is 1. The Morgan fingerprint density at radius 3 is 2.94 bits per heavy atom. The second kappa shape index (κ2) is 6.55. The number of nitrogens with one attached hydrogen (secondary N) is 1. The standard InChI is InChI=1S/C14H19BrN2S/c1-3-6-16-11(2)12-4-7-17(9-12)10-14-13(15)5-8-18-14/h4-5,7-9,11,16H,3,6,10H2,1-2H3. The van der Waals surface area contributed by atoms with Crippen molar-refractivity contribution in [2.45, 2.75) is 32.9 Å². The summed E-state index contributed by atoms with van der Waals surface area (Å²) in [4.78, 5) is 1.37. The van der Waals surface area contributed by atoms with Gasteiger partial charge in [0, 0.05) is 27.8 Å². The molecular weight excluding hydrogens is 308 g/mol. The van der Waals surface area contributed by atoms with Crippen LogP contribution >= 0.6 is 27.3 Å². The highest BCUT2D eigenvalue weighted by Crippen LogP contribution is 2.24. The van der Waals surface area contributed by atoms with E-state index in [0.29, 0.717) is 6.04 Å². The molecule has 2 heterocycles. The summed E-state index contributed by atoms with van der Waals surface area (Å²) in [6, 6.07) is 4.74. The molecule has 0 aliphatic rings. The molecule has 18 heavy (non-hydrogen) atoms. The molecule has 2 rings (SSSR count). The van der Waals surface area contributed by atoms with Gasteiger partial charge in [-0.25, -0.2) is 0 Å². The lowest BCUT2D eigenvalue weighted by Crippen LogP contribution is -2.18. The van der Waals surface area contributed by atoms with Crippen molar-refractivity contribution >= 4 is 27.3 Å². The zero-order valence-corrected chi connectivity index (χ0v) is 13.2. The van der Waals surface area contributed by atoms with Crippen LogP contribution in [0.3, 0.4) is 0 Å². The molecule has 0 aliphatic carbocycles. The first kappa shape index (κ1) is 13.8. The van der Waals surface area contributed by atoms with Gasteiger partial charge in [0.15, 0.2) is 0 Å². The molecule has 0 spiro atoms. The first-order valence-electron chi connectivity index (χ1n) is 6.31. The molecule has 98 valence electrons. The Kier molecular flexibility index (Phi) is 5.03. The van der Waals surface area contributed by atoms with Gasteiger partial charge in [0.2, 0.25) is 0 Å². The molecule has 1 N–H and O–H groups in total. The molecule has 0 saturated heterocycles. The lowest BCUT2D eigenvalue weighted by Gasteiger charge is -2.11. The SMILES string of the molecule is CCCNC(C)c1ccn(Cc2sccc2Br)c1.